The molecule has 1 aliphatic rings. The van der Waals surface area contributed by atoms with E-state index in [0.29, 0.717) is 22.7 Å². The number of hydrogen-bond acceptors (Lipinski definition) is 5. The highest BCUT2D eigenvalue weighted by molar-refractivity contribution is 6.12. The molecule has 3 heterocycles. The first kappa shape index (κ1) is 29.0. The summed E-state index contributed by atoms with van der Waals surface area (Å²) in [5.74, 6) is 0.261. The Kier molecular flexibility index (Phi) is 10.5. The Morgan fingerprint density at radius 1 is 0.974 bits per heavy atom. The van der Waals surface area contributed by atoms with Crippen LogP contribution in [0.2, 0.25) is 0 Å². The van der Waals surface area contributed by atoms with Crippen molar-refractivity contribution in [3.05, 3.63) is 101 Å². The fraction of sp³-hybridized carbons (Fsp3) is 0.364. The molecule has 0 radical (unpaired) electrons. The van der Waals surface area contributed by atoms with Gasteiger partial charge in [-0.2, -0.15) is 0 Å². The first-order valence-corrected chi connectivity index (χ1v) is 13.9. The number of aromatic hydroxyl groups is 1. The molecule has 1 N–H and O–H groups in total. The number of benzene rings is 2. The molecule has 0 saturated carbocycles. The van der Waals surface area contributed by atoms with Gasteiger partial charge < -0.3 is 5.11 Å². The maximum atomic E-state index is 13.6. The summed E-state index contributed by atoms with van der Waals surface area (Å²) in [6.07, 6.45) is 3.56. The average Bonchev–Trinajstić information content (AvgIpc) is 3.37. The lowest BCUT2D eigenvalue weighted by Gasteiger charge is -2.17. The SMILES string of the molecule is CC.CC.Cc1nc(C(=O)c2cc(Cc3ccccc3)cc(CN3CCC(C)C3)c2)c(O)c2ncccc12. The van der Waals surface area contributed by atoms with E-state index in [2.05, 4.69) is 40.0 Å². The standard InChI is InChI=1S/C29H29N3O2.2C2H6/c1-19-10-12-32(17-19)18-23-14-22(13-21-7-4-3-5-8-21)15-24(16-23)28(33)27-29(34)26-25(20(2)31-27)9-6-11-30-26;2*1-2/h3-9,11,14-16,19,34H,10,12-13,17-18H2,1-2H3;2*1-2H3. The quantitative estimate of drug-likeness (QED) is 0.274. The number of aromatic nitrogens is 2. The third kappa shape index (κ3) is 6.84. The number of rotatable bonds is 6. The number of carbonyl (C=O) groups is 1. The van der Waals surface area contributed by atoms with Crippen LogP contribution in [0.25, 0.3) is 10.9 Å². The first-order valence-electron chi connectivity index (χ1n) is 13.9. The normalized spacial score (nSPS) is 14.8. The molecule has 5 nitrogen and oxygen atoms in total. The van der Waals surface area contributed by atoms with Crippen LogP contribution < -0.4 is 0 Å². The second-order valence-corrected chi connectivity index (χ2v) is 9.45. The second-order valence-electron chi connectivity index (χ2n) is 9.45. The van der Waals surface area contributed by atoms with Crippen molar-refractivity contribution < 1.29 is 9.90 Å². The van der Waals surface area contributed by atoms with Gasteiger partial charge in [0.1, 0.15) is 5.52 Å². The minimum Gasteiger partial charge on any atom is -0.504 e. The van der Waals surface area contributed by atoms with E-state index in [0.717, 1.165) is 42.6 Å². The largest absolute Gasteiger partial charge is 0.504 e. The van der Waals surface area contributed by atoms with E-state index in [1.54, 1.807) is 12.3 Å². The summed E-state index contributed by atoms with van der Waals surface area (Å²) in [6, 6.07) is 20.0. The summed E-state index contributed by atoms with van der Waals surface area (Å²) in [4.78, 5) is 24.9. The Balaban J connectivity index is 0.000000956. The van der Waals surface area contributed by atoms with Crippen molar-refractivity contribution in [2.45, 2.75) is 60.9 Å². The minimum atomic E-state index is -0.279. The fourth-order valence-corrected chi connectivity index (χ4v) is 4.92. The van der Waals surface area contributed by atoms with Crippen molar-refractivity contribution in [3.8, 4) is 5.75 Å². The van der Waals surface area contributed by atoms with Gasteiger partial charge in [-0.25, -0.2) is 4.98 Å². The number of nitrogens with zero attached hydrogens (tertiary/aromatic N) is 3. The lowest BCUT2D eigenvalue weighted by molar-refractivity contribution is 0.103. The molecule has 4 aromatic rings. The Morgan fingerprint density at radius 2 is 1.68 bits per heavy atom. The van der Waals surface area contributed by atoms with Crippen LogP contribution in [0.4, 0.5) is 0 Å². The van der Waals surface area contributed by atoms with Crippen molar-refractivity contribution in [2.24, 2.45) is 5.92 Å². The topological polar surface area (TPSA) is 66.3 Å². The van der Waals surface area contributed by atoms with E-state index in [1.165, 1.54) is 12.0 Å². The minimum absolute atomic E-state index is 0.0568. The summed E-state index contributed by atoms with van der Waals surface area (Å²) in [7, 11) is 0. The zero-order valence-corrected chi connectivity index (χ0v) is 23.7. The number of pyridine rings is 2. The third-order valence-electron chi connectivity index (χ3n) is 6.62. The van der Waals surface area contributed by atoms with Crippen LogP contribution >= 0.6 is 0 Å². The molecule has 5 rings (SSSR count). The number of hydrogen-bond donors (Lipinski definition) is 1. The summed E-state index contributed by atoms with van der Waals surface area (Å²) in [6.45, 7) is 15.1. The zero-order valence-electron chi connectivity index (χ0n) is 23.7. The molecule has 38 heavy (non-hydrogen) atoms. The van der Waals surface area contributed by atoms with Crippen LogP contribution in [0, 0.1) is 12.8 Å². The van der Waals surface area contributed by atoms with Gasteiger partial charge in [0.05, 0.1) is 0 Å². The lowest BCUT2D eigenvalue weighted by atomic mass is 9.96. The molecule has 0 amide bonds. The molecule has 1 saturated heterocycles. The molecule has 0 spiro atoms. The van der Waals surface area contributed by atoms with E-state index in [4.69, 9.17) is 0 Å². The highest BCUT2D eigenvalue weighted by Crippen LogP contribution is 2.30. The summed E-state index contributed by atoms with van der Waals surface area (Å²) in [5, 5.41) is 11.6. The Morgan fingerprint density at radius 3 is 2.37 bits per heavy atom. The maximum absolute atomic E-state index is 13.6. The van der Waals surface area contributed by atoms with Crippen molar-refractivity contribution >= 4 is 16.7 Å². The van der Waals surface area contributed by atoms with E-state index >= 15 is 0 Å². The van der Waals surface area contributed by atoms with Crippen LogP contribution in [0.3, 0.4) is 0 Å². The van der Waals surface area contributed by atoms with Crippen LogP contribution in [-0.2, 0) is 13.0 Å². The van der Waals surface area contributed by atoms with Gasteiger partial charge >= 0.3 is 0 Å². The third-order valence-corrected chi connectivity index (χ3v) is 6.62. The summed E-state index contributed by atoms with van der Waals surface area (Å²) < 4.78 is 0. The van der Waals surface area contributed by atoms with E-state index in [-0.39, 0.29) is 17.2 Å². The van der Waals surface area contributed by atoms with Crippen molar-refractivity contribution in [1.82, 2.24) is 14.9 Å². The van der Waals surface area contributed by atoms with Gasteiger partial charge in [-0.15, -0.1) is 0 Å². The molecule has 1 fully saturated rings. The molecule has 0 aliphatic carbocycles. The molecule has 5 heteroatoms. The van der Waals surface area contributed by atoms with Crippen molar-refractivity contribution in [3.63, 3.8) is 0 Å². The van der Waals surface area contributed by atoms with Crippen LogP contribution in [0.1, 0.15) is 79.5 Å². The summed E-state index contributed by atoms with van der Waals surface area (Å²) in [5.41, 5.74) is 5.07. The van der Waals surface area contributed by atoms with Crippen molar-refractivity contribution in [1.29, 1.82) is 0 Å². The molecule has 2 aromatic carbocycles. The van der Waals surface area contributed by atoms with Crippen LogP contribution in [-0.4, -0.2) is 38.8 Å². The van der Waals surface area contributed by atoms with Gasteiger partial charge in [-0.1, -0.05) is 71.0 Å². The molecule has 200 valence electrons. The molecule has 1 atom stereocenters. The summed E-state index contributed by atoms with van der Waals surface area (Å²) >= 11 is 0. The second kappa shape index (κ2) is 13.8. The molecule has 2 aromatic heterocycles. The Labute approximate surface area is 227 Å². The predicted octanol–water partition coefficient (Wildman–Crippen LogP) is 7.36. The van der Waals surface area contributed by atoms with E-state index < -0.39 is 0 Å². The number of aryl methyl sites for hydroxylation is 1. The smallest absolute Gasteiger partial charge is 0.215 e. The average molecular weight is 512 g/mol. The van der Waals surface area contributed by atoms with Gasteiger partial charge in [-0.3, -0.25) is 14.7 Å². The van der Waals surface area contributed by atoms with E-state index in [9.17, 15) is 9.90 Å². The van der Waals surface area contributed by atoms with Crippen LogP contribution in [0.5, 0.6) is 5.75 Å². The van der Waals surface area contributed by atoms with Gasteiger partial charge in [0.15, 0.2) is 11.4 Å². The van der Waals surface area contributed by atoms with Gasteiger partial charge in [-0.05, 0) is 73.2 Å². The lowest BCUT2D eigenvalue weighted by Crippen LogP contribution is -2.20. The number of ketones is 1. The Bertz CT molecular complexity index is 1350. The molecular weight excluding hydrogens is 470 g/mol. The van der Waals surface area contributed by atoms with Gasteiger partial charge in [0, 0.05) is 35.9 Å². The van der Waals surface area contributed by atoms with Gasteiger partial charge in [0.25, 0.3) is 0 Å². The monoisotopic (exact) mass is 511 g/mol. The molecular formula is C33H41N3O2. The van der Waals surface area contributed by atoms with Crippen LogP contribution in [0.15, 0.2) is 66.9 Å². The zero-order chi connectivity index (χ0) is 27.7. The molecule has 0 bridgehead atoms. The van der Waals surface area contributed by atoms with E-state index in [1.807, 2.05) is 71.0 Å². The number of likely N-dealkylation sites (tertiary alicyclic amines) is 1. The predicted molar refractivity (Wildman–Crippen MR) is 157 cm³/mol. The Hall–Kier alpha value is -3.57. The highest BCUT2D eigenvalue weighted by atomic mass is 16.3. The maximum Gasteiger partial charge on any atom is 0.215 e. The molecule has 1 unspecified atom stereocenters. The number of carbonyl (C=O) groups excluding carboxylic acids is 1. The van der Waals surface area contributed by atoms with Crippen molar-refractivity contribution in [2.75, 3.05) is 13.1 Å². The fourth-order valence-electron chi connectivity index (χ4n) is 4.92. The highest BCUT2D eigenvalue weighted by Gasteiger charge is 2.23. The van der Waals surface area contributed by atoms with Gasteiger partial charge in [0.2, 0.25) is 5.78 Å². The first-order chi connectivity index (χ1) is 18.5. The number of fused-ring (bicyclic) bond motifs is 1. The molecule has 1 aliphatic heterocycles.